The van der Waals surface area contributed by atoms with E-state index in [0.717, 1.165) is 5.69 Å². The van der Waals surface area contributed by atoms with Crippen molar-refractivity contribution in [2.24, 2.45) is 0 Å². The largest absolute Gasteiger partial charge is 0.320 e. The van der Waals surface area contributed by atoms with Crippen LogP contribution in [0.15, 0.2) is 42.7 Å². The lowest BCUT2D eigenvalue weighted by molar-refractivity contribution is 1.11. The van der Waals surface area contributed by atoms with Gasteiger partial charge in [-0.05, 0) is 85.8 Å². The summed E-state index contributed by atoms with van der Waals surface area (Å²) in [5, 5.41) is 2.52. The molecule has 4 aromatic rings. The molecule has 2 heteroatoms. The van der Waals surface area contributed by atoms with E-state index in [9.17, 15) is 0 Å². The second-order valence-corrected chi connectivity index (χ2v) is 6.86. The van der Waals surface area contributed by atoms with Crippen LogP contribution in [-0.4, -0.2) is 9.38 Å². The Bertz CT molecular complexity index is 1100. The first-order valence-corrected chi connectivity index (χ1v) is 8.41. The van der Waals surface area contributed by atoms with Gasteiger partial charge in [0.1, 0.15) is 0 Å². The van der Waals surface area contributed by atoms with Crippen molar-refractivity contribution < 1.29 is 0 Å². The number of aryl methyl sites for hydroxylation is 4. The van der Waals surface area contributed by atoms with Crippen molar-refractivity contribution in [1.29, 1.82) is 0 Å². The van der Waals surface area contributed by atoms with Crippen molar-refractivity contribution in [3.63, 3.8) is 0 Å². The van der Waals surface area contributed by atoms with E-state index in [1.807, 2.05) is 6.20 Å². The average Bonchev–Trinajstić information content (AvgIpc) is 2.79. The summed E-state index contributed by atoms with van der Waals surface area (Å²) in [6.07, 6.45) is 4.21. The maximum absolute atomic E-state index is 4.61. The molecule has 0 saturated heterocycles. The Kier molecular flexibility index (Phi) is 3.24. The smallest absolute Gasteiger partial charge is 0.0705 e. The number of nitrogens with zero attached hydrogens (tertiary/aromatic N) is 2. The molecule has 2 nitrogen and oxygen atoms in total. The molecule has 0 spiro atoms. The van der Waals surface area contributed by atoms with Crippen molar-refractivity contribution >= 4 is 16.3 Å². The van der Waals surface area contributed by atoms with Crippen LogP contribution in [0.4, 0.5) is 0 Å². The second kappa shape index (κ2) is 5.20. The van der Waals surface area contributed by atoms with Gasteiger partial charge < -0.3 is 4.40 Å². The average molecular weight is 314 g/mol. The molecule has 3 aromatic heterocycles. The highest BCUT2D eigenvalue weighted by atomic mass is 14.9. The van der Waals surface area contributed by atoms with Crippen molar-refractivity contribution in [2.75, 3.05) is 0 Å². The zero-order chi connectivity index (χ0) is 17.0. The molecular formula is C22H22N2. The Morgan fingerprint density at radius 2 is 1.58 bits per heavy atom. The fraction of sp³-hybridized carbons (Fsp3) is 0.227. The molecule has 0 aliphatic heterocycles. The molecule has 0 N–H and O–H groups in total. The lowest BCUT2D eigenvalue weighted by Crippen LogP contribution is -1.91. The van der Waals surface area contributed by atoms with E-state index >= 15 is 0 Å². The summed E-state index contributed by atoms with van der Waals surface area (Å²) in [6, 6.07) is 11.1. The van der Waals surface area contributed by atoms with E-state index in [2.05, 4.69) is 80.5 Å². The lowest BCUT2D eigenvalue weighted by atomic mass is 10.0. The molecule has 0 radical (unpaired) electrons. The maximum Gasteiger partial charge on any atom is 0.0705 e. The summed E-state index contributed by atoms with van der Waals surface area (Å²) >= 11 is 0. The van der Waals surface area contributed by atoms with Gasteiger partial charge in [0.2, 0.25) is 0 Å². The number of rotatable bonds is 1. The molecule has 0 unspecified atom stereocenters. The zero-order valence-electron chi connectivity index (χ0n) is 14.9. The van der Waals surface area contributed by atoms with Gasteiger partial charge in [0, 0.05) is 29.2 Å². The van der Waals surface area contributed by atoms with Crippen molar-refractivity contribution in [1.82, 2.24) is 9.38 Å². The van der Waals surface area contributed by atoms with Crippen LogP contribution < -0.4 is 0 Å². The van der Waals surface area contributed by atoms with Gasteiger partial charge in [-0.25, -0.2) is 0 Å². The van der Waals surface area contributed by atoms with Gasteiger partial charge in [-0.2, -0.15) is 0 Å². The highest BCUT2D eigenvalue weighted by Crippen LogP contribution is 2.29. The van der Waals surface area contributed by atoms with E-state index < -0.39 is 0 Å². The van der Waals surface area contributed by atoms with Gasteiger partial charge >= 0.3 is 0 Å². The van der Waals surface area contributed by atoms with Crippen molar-refractivity contribution in [3.8, 4) is 11.3 Å². The Morgan fingerprint density at radius 3 is 2.33 bits per heavy atom. The summed E-state index contributed by atoms with van der Waals surface area (Å²) in [6.45, 7) is 10.8. The molecule has 24 heavy (non-hydrogen) atoms. The second-order valence-electron chi connectivity index (χ2n) is 6.86. The zero-order valence-corrected chi connectivity index (χ0v) is 14.9. The monoisotopic (exact) mass is 314 g/mol. The number of fused-ring (bicyclic) bond motifs is 2. The first-order valence-electron chi connectivity index (χ1n) is 8.41. The van der Waals surface area contributed by atoms with Crippen molar-refractivity contribution in [3.05, 3.63) is 70.7 Å². The maximum atomic E-state index is 4.61. The molecule has 4 rings (SSSR count). The fourth-order valence-corrected chi connectivity index (χ4v) is 3.40. The summed E-state index contributed by atoms with van der Waals surface area (Å²) < 4.78 is 2.31. The molecule has 1 aromatic carbocycles. The van der Waals surface area contributed by atoms with Crippen LogP contribution >= 0.6 is 0 Å². The van der Waals surface area contributed by atoms with Gasteiger partial charge in [0.25, 0.3) is 0 Å². The highest BCUT2D eigenvalue weighted by molar-refractivity contribution is 5.90. The Morgan fingerprint density at radius 1 is 0.792 bits per heavy atom. The summed E-state index contributed by atoms with van der Waals surface area (Å²) in [5.74, 6) is 0. The first-order chi connectivity index (χ1) is 11.5. The molecule has 0 amide bonds. The van der Waals surface area contributed by atoms with E-state index in [-0.39, 0.29) is 0 Å². The standard InChI is InChI=1S/C22H22N2/c1-13-8-21(23-11-14(13)2)19-7-6-18-10-22-16(4)15(3)17(5)24(22)12-20(18)9-19/h6-12H,1-5H3. The van der Waals surface area contributed by atoms with Gasteiger partial charge in [0.15, 0.2) is 0 Å². The van der Waals surface area contributed by atoms with Gasteiger partial charge in [-0.1, -0.05) is 12.1 Å². The van der Waals surface area contributed by atoms with Gasteiger partial charge in [-0.15, -0.1) is 0 Å². The van der Waals surface area contributed by atoms with Crippen molar-refractivity contribution in [2.45, 2.75) is 34.6 Å². The van der Waals surface area contributed by atoms with Crippen LogP contribution in [0.5, 0.6) is 0 Å². The van der Waals surface area contributed by atoms with Crippen LogP contribution in [0.1, 0.15) is 27.9 Å². The number of pyridine rings is 2. The molecule has 0 saturated carbocycles. The predicted octanol–water partition coefficient (Wildman–Crippen LogP) is 5.70. The van der Waals surface area contributed by atoms with E-state index in [4.69, 9.17) is 0 Å². The Hall–Kier alpha value is -2.61. The third kappa shape index (κ3) is 2.14. The molecule has 0 aliphatic carbocycles. The van der Waals surface area contributed by atoms with Crippen LogP contribution in [0.25, 0.3) is 27.5 Å². The predicted molar refractivity (Wildman–Crippen MR) is 102 cm³/mol. The fourth-order valence-electron chi connectivity index (χ4n) is 3.40. The number of benzene rings is 1. The van der Waals surface area contributed by atoms with E-state index in [1.54, 1.807) is 0 Å². The normalized spacial score (nSPS) is 11.5. The summed E-state index contributed by atoms with van der Waals surface area (Å²) in [4.78, 5) is 4.61. The highest BCUT2D eigenvalue weighted by Gasteiger charge is 2.10. The summed E-state index contributed by atoms with van der Waals surface area (Å²) in [5.41, 5.74) is 10.1. The van der Waals surface area contributed by atoms with Gasteiger partial charge in [-0.3, -0.25) is 4.98 Å². The third-order valence-electron chi connectivity index (χ3n) is 5.43. The first kappa shape index (κ1) is 14.9. The molecular weight excluding hydrogens is 292 g/mol. The Labute approximate surface area is 142 Å². The third-order valence-corrected chi connectivity index (χ3v) is 5.43. The molecule has 3 heterocycles. The number of hydrogen-bond acceptors (Lipinski definition) is 1. The minimum absolute atomic E-state index is 1.04. The number of hydrogen-bond donors (Lipinski definition) is 0. The molecule has 0 atom stereocenters. The van der Waals surface area contributed by atoms with E-state index in [1.165, 1.54) is 49.8 Å². The van der Waals surface area contributed by atoms with Crippen LogP contribution in [0, 0.1) is 34.6 Å². The quantitative estimate of drug-likeness (QED) is 0.441. The van der Waals surface area contributed by atoms with E-state index in [0.29, 0.717) is 0 Å². The SMILES string of the molecule is Cc1cnc(-c2ccc3cc4c(C)c(C)c(C)n4cc3c2)cc1C. The molecule has 0 aliphatic rings. The molecule has 120 valence electrons. The van der Waals surface area contributed by atoms with Crippen LogP contribution in [0.2, 0.25) is 0 Å². The topological polar surface area (TPSA) is 17.3 Å². The molecule has 0 bridgehead atoms. The van der Waals surface area contributed by atoms with Crippen LogP contribution in [-0.2, 0) is 0 Å². The molecule has 0 fully saturated rings. The van der Waals surface area contributed by atoms with Crippen LogP contribution in [0.3, 0.4) is 0 Å². The Balaban J connectivity index is 1.95. The minimum Gasteiger partial charge on any atom is -0.320 e. The minimum atomic E-state index is 1.04. The van der Waals surface area contributed by atoms with Gasteiger partial charge in [0.05, 0.1) is 5.69 Å². The summed E-state index contributed by atoms with van der Waals surface area (Å²) in [7, 11) is 0. The number of aromatic nitrogens is 2. The lowest BCUT2D eigenvalue weighted by Gasteiger charge is -2.08.